The zero-order chi connectivity index (χ0) is 38.6. The van der Waals surface area contributed by atoms with Crippen LogP contribution in [0.25, 0.3) is 10.8 Å². The van der Waals surface area contributed by atoms with Crippen molar-refractivity contribution >= 4 is 78.2 Å². The third-order valence-corrected chi connectivity index (χ3v) is 9.65. The van der Waals surface area contributed by atoms with Crippen molar-refractivity contribution in [1.82, 2.24) is 0 Å². The summed E-state index contributed by atoms with van der Waals surface area (Å²) in [4.78, 5) is 23.7. The van der Waals surface area contributed by atoms with Gasteiger partial charge in [-0.15, -0.1) is 15.3 Å². The van der Waals surface area contributed by atoms with Crippen molar-refractivity contribution < 1.29 is 45.5 Å². The highest BCUT2D eigenvalue weighted by Crippen LogP contribution is 2.47. The van der Waals surface area contributed by atoms with Crippen molar-refractivity contribution in [3.8, 4) is 11.5 Å². The van der Waals surface area contributed by atoms with Crippen LogP contribution in [0.4, 0.5) is 34.1 Å². The van der Waals surface area contributed by atoms with Gasteiger partial charge in [-0.2, -0.15) is 17.7 Å². The number of phenolic OH excluding ortho intramolecular Hbond substituents is 1. The Morgan fingerprint density at radius 2 is 1.47 bits per heavy atom. The van der Waals surface area contributed by atoms with Gasteiger partial charge in [0.2, 0.25) is 0 Å². The van der Waals surface area contributed by atoms with Crippen LogP contribution in [-0.2, 0) is 30.9 Å². The number of anilines is 2. The Morgan fingerprint density at radius 3 is 2.09 bits per heavy atom. The lowest BCUT2D eigenvalue weighted by molar-refractivity contribution is 0.0587. The van der Waals surface area contributed by atoms with Crippen molar-refractivity contribution in [2.75, 3.05) is 31.3 Å². The number of hydrogen-bond acceptors (Lipinski definition) is 14. The maximum atomic E-state index is 12.8. The van der Waals surface area contributed by atoms with Crippen LogP contribution in [0.1, 0.15) is 31.8 Å². The molecule has 1 atom stereocenters. The molecular weight excluding hydrogens is 729 g/mol. The number of esters is 2. The first-order valence-corrected chi connectivity index (χ1v) is 17.8. The number of benzene rings is 5. The first kappa shape index (κ1) is 38.0. The van der Waals surface area contributed by atoms with Gasteiger partial charge in [0.1, 0.15) is 27.7 Å². The minimum Gasteiger partial charge on any atom is -0.505 e. The number of fused-ring (bicyclic) bond motifs is 1. The van der Waals surface area contributed by atoms with E-state index in [1.807, 2.05) is 31.2 Å². The molecule has 0 saturated carbocycles. The van der Waals surface area contributed by atoms with Crippen molar-refractivity contribution in [3.63, 3.8) is 0 Å². The molecule has 0 radical (unpaired) electrons. The highest BCUT2D eigenvalue weighted by Gasteiger charge is 2.25. The lowest BCUT2D eigenvalue weighted by atomic mass is 10.0. The van der Waals surface area contributed by atoms with Gasteiger partial charge in [-0.05, 0) is 91.5 Å². The Balaban J connectivity index is 1.50. The monoisotopic (exact) mass is 760 g/mol. The summed E-state index contributed by atoms with van der Waals surface area (Å²) in [5.41, 5.74) is 7.90. The summed E-state index contributed by atoms with van der Waals surface area (Å²) in [6.07, 6.45) is 0. The largest absolute Gasteiger partial charge is 0.505 e. The number of carbonyl (C=O) groups is 2. The Morgan fingerprint density at radius 1 is 0.830 bits per heavy atom. The normalized spacial score (nSPS) is 12.3. The summed E-state index contributed by atoms with van der Waals surface area (Å²) >= 11 is -1.83. The van der Waals surface area contributed by atoms with Crippen molar-refractivity contribution in [3.05, 3.63) is 101 Å². The van der Waals surface area contributed by atoms with Crippen LogP contribution >= 0.6 is 0 Å². The molecule has 0 saturated heterocycles. The minimum atomic E-state index is -5.02. The van der Waals surface area contributed by atoms with Gasteiger partial charge in [0.15, 0.2) is 5.75 Å². The predicted molar refractivity (Wildman–Crippen MR) is 197 cm³/mol. The number of nitrogens with zero attached hydrogens (tertiary/aromatic N) is 5. The molecule has 0 heterocycles. The SMILES string of the molecule is COC(=O)c1ccc(C(=O)OC)c(N=Nc2c(S(=O)(=O)O)cc3cc(C)c(N=Nc4ccc(OS(=O)N(C)c5ccc(C)cc5)cc4)c(N)c3c2O)c1. The molecule has 0 amide bonds. The fraction of sp³-hybridized carbons (Fsp3) is 0.143. The second-order valence-corrected chi connectivity index (χ2v) is 13.9. The van der Waals surface area contributed by atoms with Gasteiger partial charge in [-0.1, -0.05) is 17.7 Å². The number of carbonyl (C=O) groups excluding carboxylic acids is 2. The standard InChI is InChI=1S/C35H32N6O10S2/c1-19-6-11-24(12-7-19)41(3)52(45)51-25-13-9-23(10-14-25)37-39-31-20(2)16-22-18-28(53(46,47)48)32(33(42)29(22)30(31)36)40-38-27-17-21(34(43)49-4)8-15-26(27)35(44)50-5/h6-18,42H,36H2,1-5H3,(H,46,47,48). The maximum Gasteiger partial charge on any atom is 0.340 e. The Hall–Kier alpha value is -6.24. The van der Waals surface area contributed by atoms with Crippen molar-refractivity contribution in [2.24, 2.45) is 20.5 Å². The van der Waals surface area contributed by atoms with E-state index in [1.165, 1.54) is 22.5 Å². The number of phenols is 1. The minimum absolute atomic E-state index is 0.0237. The fourth-order valence-corrected chi connectivity index (χ4v) is 6.35. The molecular formula is C35H32N6O10S2. The maximum absolute atomic E-state index is 12.8. The number of aryl methyl sites for hydroxylation is 2. The molecule has 0 bridgehead atoms. The van der Waals surface area contributed by atoms with Gasteiger partial charge in [0, 0.05) is 7.05 Å². The van der Waals surface area contributed by atoms with Crippen LogP contribution in [-0.4, -0.2) is 55.5 Å². The van der Waals surface area contributed by atoms with Gasteiger partial charge >= 0.3 is 23.2 Å². The van der Waals surface area contributed by atoms with E-state index in [-0.39, 0.29) is 39.0 Å². The lowest BCUT2D eigenvalue weighted by Crippen LogP contribution is -2.24. The van der Waals surface area contributed by atoms with Crippen molar-refractivity contribution in [2.45, 2.75) is 18.7 Å². The molecule has 53 heavy (non-hydrogen) atoms. The number of rotatable bonds is 11. The van der Waals surface area contributed by atoms with Crippen LogP contribution in [0.3, 0.4) is 0 Å². The molecule has 5 aromatic rings. The van der Waals surface area contributed by atoms with Gasteiger partial charge in [-0.3, -0.25) is 8.86 Å². The Kier molecular flexibility index (Phi) is 11.2. The van der Waals surface area contributed by atoms with Crippen LogP contribution in [0, 0.1) is 13.8 Å². The van der Waals surface area contributed by atoms with Gasteiger partial charge < -0.3 is 24.5 Å². The number of nitrogen functional groups attached to an aromatic ring is 1. The number of azo groups is 2. The molecule has 5 aromatic carbocycles. The second kappa shape index (κ2) is 15.6. The van der Waals surface area contributed by atoms with E-state index >= 15 is 0 Å². The molecule has 274 valence electrons. The molecule has 18 heteroatoms. The van der Waals surface area contributed by atoms with Crippen LogP contribution in [0.2, 0.25) is 0 Å². The second-order valence-electron chi connectivity index (χ2n) is 11.3. The smallest absolute Gasteiger partial charge is 0.340 e. The van der Waals surface area contributed by atoms with E-state index in [0.29, 0.717) is 22.7 Å². The van der Waals surface area contributed by atoms with E-state index in [4.69, 9.17) is 19.4 Å². The van der Waals surface area contributed by atoms with E-state index in [1.54, 1.807) is 38.2 Å². The van der Waals surface area contributed by atoms with E-state index in [9.17, 15) is 31.9 Å². The summed E-state index contributed by atoms with van der Waals surface area (Å²) < 4.78 is 64.3. The summed E-state index contributed by atoms with van der Waals surface area (Å²) in [6.45, 7) is 3.58. The molecule has 4 N–H and O–H groups in total. The number of methoxy groups -OCH3 is 2. The zero-order valence-electron chi connectivity index (χ0n) is 28.8. The summed E-state index contributed by atoms with van der Waals surface area (Å²) in [5.74, 6) is -2.11. The molecule has 0 fully saturated rings. The van der Waals surface area contributed by atoms with E-state index in [2.05, 4.69) is 20.5 Å². The Labute approximate surface area is 306 Å². The first-order valence-electron chi connectivity index (χ1n) is 15.3. The Bertz CT molecular complexity index is 2440. The van der Waals surface area contributed by atoms with Gasteiger partial charge in [0.25, 0.3) is 10.1 Å². The quantitative estimate of drug-likeness (QED) is 0.0516. The van der Waals surface area contributed by atoms with Crippen LogP contribution < -0.4 is 14.2 Å². The average Bonchev–Trinajstić information content (AvgIpc) is 3.13. The third-order valence-electron chi connectivity index (χ3n) is 7.79. The zero-order valence-corrected chi connectivity index (χ0v) is 30.4. The first-order chi connectivity index (χ1) is 25.1. The fourth-order valence-electron chi connectivity index (χ4n) is 5.01. The summed E-state index contributed by atoms with van der Waals surface area (Å²) in [7, 11) is -1.12. The van der Waals surface area contributed by atoms with E-state index in [0.717, 1.165) is 31.9 Å². The number of ether oxygens (including phenoxy) is 2. The van der Waals surface area contributed by atoms with Crippen LogP contribution in [0.5, 0.6) is 11.5 Å². The highest BCUT2D eigenvalue weighted by molar-refractivity contribution is 7.86. The van der Waals surface area contributed by atoms with Crippen LogP contribution in [0.15, 0.2) is 104 Å². The summed E-state index contributed by atoms with van der Waals surface area (Å²) in [6, 6.07) is 19.9. The number of aromatic hydroxyl groups is 1. The predicted octanol–water partition coefficient (Wildman–Crippen LogP) is 7.49. The number of nitrogens with two attached hydrogens (primary N) is 1. The third kappa shape index (κ3) is 8.30. The molecule has 16 nitrogen and oxygen atoms in total. The number of hydrogen-bond donors (Lipinski definition) is 3. The molecule has 0 aliphatic rings. The van der Waals surface area contributed by atoms with Gasteiger partial charge in [0.05, 0.1) is 47.8 Å². The highest BCUT2D eigenvalue weighted by atomic mass is 32.2. The molecule has 0 aliphatic heterocycles. The van der Waals surface area contributed by atoms with Gasteiger partial charge in [-0.25, -0.2) is 9.59 Å². The van der Waals surface area contributed by atoms with E-state index < -0.39 is 49.7 Å². The molecule has 1 unspecified atom stereocenters. The average molecular weight is 761 g/mol. The molecule has 0 spiro atoms. The topological polar surface area (TPSA) is 232 Å². The molecule has 0 aromatic heterocycles. The molecule has 0 aliphatic carbocycles. The molecule has 5 rings (SSSR count). The summed E-state index contributed by atoms with van der Waals surface area (Å²) in [5, 5.41) is 27.7. The lowest BCUT2D eigenvalue weighted by Gasteiger charge is -2.17. The van der Waals surface area contributed by atoms with Crippen molar-refractivity contribution in [1.29, 1.82) is 0 Å².